The Morgan fingerprint density at radius 2 is 0.950 bits per heavy atom. The molecule has 0 aromatic rings. The van der Waals surface area contributed by atoms with E-state index in [0.29, 0.717) is 0 Å². The van der Waals surface area contributed by atoms with Gasteiger partial charge in [-0.2, -0.15) is 0 Å². The Morgan fingerprint density at radius 3 is 1.40 bits per heavy atom. The molecule has 0 rings (SSSR count). The van der Waals surface area contributed by atoms with E-state index in [2.05, 4.69) is 21.3 Å². The second-order valence-electron chi connectivity index (χ2n) is 14.5. The number of carbonyl (C=O) groups excluding carboxylic acids is 4. The molecule has 0 aliphatic heterocycles. The second-order valence-corrected chi connectivity index (χ2v) is 14.5. The van der Waals surface area contributed by atoms with Crippen molar-refractivity contribution in [3.8, 4) is 0 Å². The van der Waals surface area contributed by atoms with E-state index in [1.165, 1.54) is 0 Å². The van der Waals surface area contributed by atoms with Gasteiger partial charge in [0.15, 0.2) is 0 Å². The molecule has 4 N–H and O–H groups in total. The monoisotopic (exact) mass is 572 g/mol. The largest absolute Gasteiger partial charge is 0.378 e. The summed E-state index contributed by atoms with van der Waals surface area (Å²) in [5, 5.41) is 11.6. The molecule has 0 radical (unpaired) electrons. The minimum absolute atomic E-state index is 0.00998. The lowest BCUT2D eigenvalue weighted by atomic mass is 9.91. The van der Waals surface area contributed by atoms with Gasteiger partial charge < -0.3 is 35.5 Å². The van der Waals surface area contributed by atoms with E-state index in [0.717, 1.165) is 0 Å². The molecule has 40 heavy (non-hydrogen) atoms. The standard InChI is InChI=1S/C29H56N4O7/c1-25(2,3)24(37)33-29(20-40-18-23(36)32-28(10,11)12,14-16-38-17-22(35)31-27(7,8)9)19-39-15-13-21(34)30-26(4,5)6/h13-20H2,1-12H3,(H,30,34)(H,31,35)(H,32,36)(H,33,37). The molecule has 1 unspecified atom stereocenters. The Hall–Kier alpha value is -2.24. The van der Waals surface area contributed by atoms with Crippen LogP contribution in [0.25, 0.3) is 0 Å². The fourth-order valence-electron chi connectivity index (χ4n) is 3.34. The molecule has 0 saturated carbocycles. The van der Waals surface area contributed by atoms with Gasteiger partial charge >= 0.3 is 0 Å². The summed E-state index contributed by atoms with van der Waals surface area (Å²) in [4.78, 5) is 49.9. The van der Waals surface area contributed by atoms with Crippen LogP contribution in [0.1, 0.15) is 95.9 Å². The van der Waals surface area contributed by atoms with E-state index >= 15 is 0 Å². The third-order valence-corrected chi connectivity index (χ3v) is 5.02. The number of hydrogen-bond donors (Lipinski definition) is 4. The average Bonchev–Trinajstić information content (AvgIpc) is 2.69. The van der Waals surface area contributed by atoms with Gasteiger partial charge in [-0.1, -0.05) is 20.8 Å². The first-order chi connectivity index (χ1) is 17.9. The Morgan fingerprint density at radius 1 is 0.525 bits per heavy atom. The van der Waals surface area contributed by atoms with Gasteiger partial charge in [0.2, 0.25) is 23.6 Å². The topological polar surface area (TPSA) is 144 Å². The van der Waals surface area contributed by atoms with E-state index in [1.807, 2.05) is 62.3 Å². The lowest BCUT2D eigenvalue weighted by molar-refractivity contribution is -0.136. The van der Waals surface area contributed by atoms with Crippen LogP contribution in [0.3, 0.4) is 0 Å². The normalized spacial score (nSPS) is 14.2. The minimum Gasteiger partial charge on any atom is -0.378 e. The van der Waals surface area contributed by atoms with Crippen LogP contribution < -0.4 is 21.3 Å². The molecule has 1 atom stereocenters. The molecule has 0 fully saturated rings. The lowest BCUT2D eigenvalue weighted by Gasteiger charge is -2.37. The van der Waals surface area contributed by atoms with Crippen molar-refractivity contribution in [2.24, 2.45) is 5.41 Å². The van der Waals surface area contributed by atoms with Gasteiger partial charge in [-0.05, 0) is 68.7 Å². The first-order valence-corrected chi connectivity index (χ1v) is 13.9. The zero-order valence-electron chi connectivity index (χ0n) is 27.0. The van der Waals surface area contributed by atoms with Gasteiger partial charge in [-0.25, -0.2) is 0 Å². The molecule has 0 aromatic carbocycles. The fourth-order valence-corrected chi connectivity index (χ4v) is 3.34. The summed E-state index contributed by atoms with van der Waals surface area (Å²) in [5.41, 5.74) is -2.96. The molecule has 0 aliphatic rings. The van der Waals surface area contributed by atoms with Crippen LogP contribution in [0.5, 0.6) is 0 Å². The van der Waals surface area contributed by atoms with Crippen molar-refractivity contribution in [3.63, 3.8) is 0 Å². The predicted octanol–water partition coefficient (Wildman–Crippen LogP) is 2.46. The summed E-state index contributed by atoms with van der Waals surface area (Å²) in [6.45, 7) is 22.1. The van der Waals surface area contributed by atoms with Gasteiger partial charge in [0, 0.05) is 35.1 Å². The summed E-state index contributed by atoms with van der Waals surface area (Å²) in [6, 6.07) is 0. The minimum atomic E-state index is -1.08. The molecule has 234 valence electrons. The van der Waals surface area contributed by atoms with Crippen molar-refractivity contribution in [1.82, 2.24) is 21.3 Å². The zero-order chi connectivity index (χ0) is 31.4. The highest BCUT2D eigenvalue weighted by molar-refractivity contribution is 5.82. The maximum absolute atomic E-state index is 13.1. The number of nitrogens with one attached hydrogen (secondary N) is 4. The van der Waals surface area contributed by atoms with Crippen molar-refractivity contribution < 1.29 is 33.4 Å². The van der Waals surface area contributed by atoms with E-state index in [4.69, 9.17) is 14.2 Å². The number of ether oxygens (including phenoxy) is 3. The molecule has 0 saturated heterocycles. The summed E-state index contributed by atoms with van der Waals surface area (Å²) < 4.78 is 17.3. The summed E-state index contributed by atoms with van der Waals surface area (Å²) >= 11 is 0. The number of amides is 4. The van der Waals surface area contributed by atoms with Crippen LogP contribution >= 0.6 is 0 Å². The van der Waals surface area contributed by atoms with Crippen molar-refractivity contribution in [2.75, 3.05) is 39.6 Å². The highest BCUT2D eigenvalue weighted by Gasteiger charge is 2.36. The first kappa shape index (κ1) is 37.8. The van der Waals surface area contributed by atoms with Crippen molar-refractivity contribution >= 4 is 23.6 Å². The van der Waals surface area contributed by atoms with E-state index in [1.54, 1.807) is 20.8 Å². The zero-order valence-corrected chi connectivity index (χ0v) is 27.0. The molecular weight excluding hydrogens is 516 g/mol. The van der Waals surface area contributed by atoms with Crippen LogP contribution in [0.4, 0.5) is 0 Å². The Balaban J connectivity index is 5.60. The quantitative estimate of drug-likeness (QED) is 0.221. The van der Waals surface area contributed by atoms with Crippen molar-refractivity contribution in [1.29, 1.82) is 0 Å². The van der Waals surface area contributed by atoms with Crippen LogP contribution in [0.2, 0.25) is 0 Å². The highest BCUT2D eigenvalue weighted by Crippen LogP contribution is 2.20. The van der Waals surface area contributed by atoms with E-state index in [9.17, 15) is 19.2 Å². The van der Waals surface area contributed by atoms with Crippen LogP contribution in [0, 0.1) is 5.41 Å². The van der Waals surface area contributed by atoms with E-state index in [-0.39, 0.29) is 87.2 Å². The van der Waals surface area contributed by atoms with Crippen LogP contribution in [-0.4, -0.2) is 85.4 Å². The number of carbonyl (C=O) groups is 4. The Labute approximate surface area is 241 Å². The molecule has 0 heterocycles. The average molecular weight is 573 g/mol. The smallest absolute Gasteiger partial charge is 0.246 e. The number of rotatable bonds is 15. The first-order valence-electron chi connectivity index (χ1n) is 13.9. The van der Waals surface area contributed by atoms with Crippen LogP contribution in [-0.2, 0) is 33.4 Å². The summed E-state index contributed by atoms with van der Waals surface area (Å²) in [5.74, 6) is -0.943. The Bertz CT molecular complexity index is 795. The summed E-state index contributed by atoms with van der Waals surface area (Å²) in [7, 11) is 0. The molecular formula is C29H56N4O7. The SMILES string of the molecule is CC(C)(C)NC(=O)CCOCC(CCOCC(=O)NC(C)(C)C)(COCC(=O)NC(C)(C)C)NC(=O)C(C)(C)C. The van der Waals surface area contributed by atoms with Crippen LogP contribution in [0.15, 0.2) is 0 Å². The summed E-state index contributed by atoms with van der Waals surface area (Å²) in [6.07, 6.45) is 0.381. The Kier molecular flexibility index (Phi) is 14.8. The van der Waals surface area contributed by atoms with E-state index < -0.39 is 16.5 Å². The maximum Gasteiger partial charge on any atom is 0.246 e. The van der Waals surface area contributed by atoms with Gasteiger partial charge in [0.1, 0.15) is 13.2 Å². The fraction of sp³-hybridized carbons (Fsp3) is 0.862. The molecule has 0 aliphatic carbocycles. The third kappa shape index (κ3) is 19.8. The highest BCUT2D eigenvalue weighted by atomic mass is 16.5. The van der Waals surface area contributed by atoms with Gasteiger partial charge in [-0.3, -0.25) is 19.2 Å². The van der Waals surface area contributed by atoms with Crippen molar-refractivity contribution in [2.45, 2.75) is 118 Å². The van der Waals surface area contributed by atoms with Gasteiger partial charge in [-0.15, -0.1) is 0 Å². The second kappa shape index (κ2) is 15.7. The maximum atomic E-state index is 13.1. The molecule has 4 amide bonds. The van der Waals surface area contributed by atoms with Gasteiger partial charge in [0.05, 0.1) is 25.4 Å². The van der Waals surface area contributed by atoms with Crippen molar-refractivity contribution in [3.05, 3.63) is 0 Å². The molecule has 11 heteroatoms. The molecule has 0 spiro atoms. The predicted molar refractivity (Wildman–Crippen MR) is 156 cm³/mol. The number of hydrogen-bond acceptors (Lipinski definition) is 7. The lowest BCUT2D eigenvalue weighted by Crippen LogP contribution is -2.58. The van der Waals surface area contributed by atoms with Gasteiger partial charge in [0.25, 0.3) is 0 Å². The molecule has 11 nitrogen and oxygen atoms in total. The molecule has 0 bridgehead atoms. The molecule has 0 aromatic heterocycles. The third-order valence-electron chi connectivity index (χ3n) is 5.02.